The Morgan fingerprint density at radius 1 is 1.20 bits per heavy atom. The number of nitrogens with zero attached hydrogens (tertiary/aromatic N) is 3. The van der Waals surface area contributed by atoms with Crippen LogP contribution in [0.4, 0.5) is 11.4 Å². The van der Waals surface area contributed by atoms with Crippen molar-refractivity contribution < 1.29 is 24.2 Å². The topological polar surface area (TPSA) is 90.4 Å². The van der Waals surface area contributed by atoms with E-state index in [0.29, 0.717) is 6.42 Å². The first kappa shape index (κ1) is 31.2. The standard InChI is InChI=1S/C32H45N3O5S/c1-7-11-12-18-40-31(39)26-25-19-21(5)32(41-25)27(26)29(37)35(22(6)20-36)28(32)30(38)34(17-8-2)24-15-13-23(14-16-24)33(9-3)10-4/h7-8,13-16,21-22,25-28,36H,1-2,9-12,17-20H2,3-6H3/t21?,22-,25+,26-,27+,28?,32?/m1/s1. The highest BCUT2D eigenvalue weighted by Crippen LogP contribution is 2.69. The van der Waals surface area contributed by atoms with Gasteiger partial charge in [-0.3, -0.25) is 14.4 Å². The van der Waals surface area contributed by atoms with E-state index >= 15 is 0 Å². The van der Waals surface area contributed by atoms with E-state index < -0.39 is 28.7 Å². The first-order valence-corrected chi connectivity index (χ1v) is 15.7. The molecule has 1 spiro atoms. The van der Waals surface area contributed by atoms with Crippen LogP contribution in [0.15, 0.2) is 49.6 Å². The van der Waals surface area contributed by atoms with Crippen molar-refractivity contribution in [2.75, 3.05) is 42.6 Å². The van der Waals surface area contributed by atoms with E-state index in [4.69, 9.17) is 4.74 Å². The Bertz CT molecular complexity index is 1140. The van der Waals surface area contributed by atoms with Gasteiger partial charge in [0.2, 0.25) is 5.91 Å². The summed E-state index contributed by atoms with van der Waals surface area (Å²) in [6, 6.07) is 6.49. The monoisotopic (exact) mass is 583 g/mol. The van der Waals surface area contributed by atoms with E-state index in [9.17, 15) is 19.5 Å². The molecule has 0 aromatic heterocycles. The molecule has 1 N–H and O–H groups in total. The molecule has 224 valence electrons. The van der Waals surface area contributed by atoms with E-state index in [-0.39, 0.29) is 48.7 Å². The lowest BCUT2D eigenvalue weighted by molar-refractivity contribution is -0.155. The second-order valence-electron chi connectivity index (χ2n) is 11.4. The van der Waals surface area contributed by atoms with E-state index in [1.54, 1.807) is 40.6 Å². The average Bonchev–Trinajstić information content (AvgIpc) is 3.58. The number of benzene rings is 1. The number of ether oxygens (including phenoxy) is 1. The van der Waals surface area contributed by atoms with Crippen LogP contribution in [0.5, 0.6) is 0 Å². The third kappa shape index (κ3) is 5.31. The minimum Gasteiger partial charge on any atom is -0.465 e. The van der Waals surface area contributed by atoms with Gasteiger partial charge in [-0.05, 0) is 70.2 Å². The summed E-state index contributed by atoms with van der Waals surface area (Å²) in [6.45, 7) is 17.7. The minimum absolute atomic E-state index is 0.0248. The predicted molar refractivity (Wildman–Crippen MR) is 165 cm³/mol. The smallest absolute Gasteiger partial charge is 0.310 e. The number of aliphatic hydroxyl groups is 1. The molecule has 4 rings (SSSR count). The zero-order valence-corrected chi connectivity index (χ0v) is 25.6. The van der Waals surface area contributed by atoms with Crippen LogP contribution in [-0.4, -0.2) is 82.7 Å². The first-order chi connectivity index (χ1) is 19.7. The van der Waals surface area contributed by atoms with Gasteiger partial charge in [0.1, 0.15) is 6.04 Å². The molecule has 3 fully saturated rings. The molecule has 0 aliphatic carbocycles. The molecule has 1 aromatic rings. The normalized spacial score (nSPS) is 28.8. The van der Waals surface area contributed by atoms with Gasteiger partial charge in [-0.1, -0.05) is 19.1 Å². The van der Waals surface area contributed by atoms with Gasteiger partial charge in [0.05, 0.1) is 35.8 Å². The highest BCUT2D eigenvalue weighted by Gasteiger charge is 2.77. The van der Waals surface area contributed by atoms with Crippen LogP contribution in [0.3, 0.4) is 0 Å². The molecule has 3 heterocycles. The number of carbonyl (C=O) groups is 3. The number of thioether (sulfide) groups is 1. The van der Waals surface area contributed by atoms with E-state index in [2.05, 4.69) is 38.8 Å². The maximum Gasteiger partial charge on any atom is 0.310 e. The van der Waals surface area contributed by atoms with Gasteiger partial charge >= 0.3 is 5.97 Å². The van der Waals surface area contributed by atoms with Gasteiger partial charge in [-0.15, -0.1) is 24.9 Å². The third-order valence-electron chi connectivity index (χ3n) is 9.09. The lowest BCUT2D eigenvalue weighted by atomic mass is 9.66. The quantitative estimate of drug-likeness (QED) is 0.199. The fourth-order valence-corrected chi connectivity index (χ4v) is 9.49. The fraction of sp³-hybridized carbons (Fsp3) is 0.594. The number of fused-ring (bicyclic) bond motifs is 1. The van der Waals surface area contributed by atoms with E-state index in [1.807, 2.05) is 24.3 Å². The van der Waals surface area contributed by atoms with Gasteiger partial charge in [0.25, 0.3) is 5.91 Å². The largest absolute Gasteiger partial charge is 0.465 e. The van der Waals surface area contributed by atoms with Crippen LogP contribution >= 0.6 is 11.8 Å². The number of allylic oxidation sites excluding steroid dienone is 1. The summed E-state index contributed by atoms with van der Waals surface area (Å²) in [4.78, 5) is 47.8. The summed E-state index contributed by atoms with van der Waals surface area (Å²) in [5, 5.41) is 10.1. The highest BCUT2D eigenvalue weighted by molar-refractivity contribution is 8.02. The number of hydrogen-bond acceptors (Lipinski definition) is 7. The van der Waals surface area contributed by atoms with Crippen molar-refractivity contribution in [1.29, 1.82) is 0 Å². The minimum atomic E-state index is -0.826. The molecule has 3 aliphatic heterocycles. The predicted octanol–water partition coefficient (Wildman–Crippen LogP) is 4.28. The molecule has 2 amide bonds. The molecular weight excluding hydrogens is 538 g/mol. The Balaban J connectivity index is 1.72. The van der Waals surface area contributed by atoms with Crippen molar-refractivity contribution in [3.05, 3.63) is 49.6 Å². The Morgan fingerprint density at radius 2 is 1.85 bits per heavy atom. The second-order valence-corrected chi connectivity index (χ2v) is 12.9. The first-order valence-electron chi connectivity index (χ1n) is 14.9. The zero-order valence-electron chi connectivity index (χ0n) is 24.8. The summed E-state index contributed by atoms with van der Waals surface area (Å²) in [5.41, 5.74) is 1.79. The summed E-state index contributed by atoms with van der Waals surface area (Å²) >= 11 is 1.61. The van der Waals surface area contributed by atoms with Gasteiger partial charge in [0, 0.05) is 36.3 Å². The molecule has 3 aliphatic rings. The Labute approximate surface area is 248 Å². The molecule has 3 unspecified atom stereocenters. The number of anilines is 2. The molecule has 2 bridgehead atoms. The van der Waals surface area contributed by atoms with Crippen LogP contribution in [0, 0.1) is 17.8 Å². The van der Waals surface area contributed by atoms with Crippen molar-refractivity contribution in [3.8, 4) is 0 Å². The number of carbonyl (C=O) groups excluding carboxylic acids is 3. The number of unbranched alkanes of at least 4 members (excludes halogenated alkanes) is 1. The summed E-state index contributed by atoms with van der Waals surface area (Å²) in [6.07, 6.45) is 5.63. The highest BCUT2D eigenvalue weighted by atomic mass is 32.2. The molecule has 0 saturated carbocycles. The molecule has 9 heteroatoms. The number of aliphatic hydroxyl groups excluding tert-OH is 1. The van der Waals surface area contributed by atoms with Gasteiger partial charge in [-0.25, -0.2) is 0 Å². The van der Waals surface area contributed by atoms with E-state index in [1.165, 1.54) is 0 Å². The number of amides is 2. The van der Waals surface area contributed by atoms with Gasteiger partial charge in [0.15, 0.2) is 0 Å². The maximum atomic E-state index is 14.7. The van der Waals surface area contributed by atoms with Crippen LogP contribution in [0.25, 0.3) is 0 Å². The SMILES string of the molecule is C=CCCCOC(=O)[C@@H]1[C@@H]2CC(C)C3(S2)C(C(=O)N(CC=C)c2ccc(N(CC)CC)cc2)N([C@H](C)CO)C(=O)[C@H]13. The third-order valence-corrected chi connectivity index (χ3v) is 11.2. The molecule has 0 radical (unpaired) electrons. The fourth-order valence-electron chi connectivity index (χ4n) is 7.10. The zero-order chi connectivity index (χ0) is 29.9. The average molecular weight is 584 g/mol. The van der Waals surface area contributed by atoms with Crippen molar-refractivity contribution >= 4 is 40.9 Å². The van der Waals surface area contributed by atoms with Crippen LogP contribution in [-0.2, 0) is 19.1 Å². The van der Waals surface area contributed by atoms with Crippen molar-refractivity contribution in [2.45, 2.75) is 69.0 Å². The molecule has 7 atom stereocenters. The molecule has 41 heavy (non-hydrogen) atoms. The second kappa shape index (κ2) is 13.0. The summed E-state index contributed by atoms with van der Waals surface area (Å²) < 4.78 is 4.87. The van der Waals surface area contributed by atoms with Gasteiger partial charge < -0.3 is 24.5 Å². The number of esters is 1. The van der Waals surface area contributed by atoms with Crippen molar-refractivity contribution in [1.82, 2.24) is 4.90 Å². The summed E-state index contributed by atoms with van der Waals surface area (Å²) in [5.74, 6) is -2.08. The van der Waals surface area contributed by atoms with Crippen LogP contribution in [0.2, 0.25) is 0 Å². The van der Waals surface area contributed by atoms with Crippen LogP contribution < -0.4 is 9.80 Å². The van der Waals surface area contributed by atoms with Crippen molar-refractivity contribution in [2.24, 2.45) is 17.8 Å². The Kier molecular flexibility index (Phi) is 9.90. The number of rotatable bonds is 14. The Morgan fingerprint density at radius 3 is 2.44 bits per heavy atom. The van der Waals surface area contributed by atoms with E-state index in [0.717, 1.165) is 37.3 Å². The van der Waals surface area contributed by atoms with Crippen LogP contribution in [0.1, 0.15) is 47.0 Å². The number of likely N-dealkylation sites (tertiary alicyclic amines) is 1. The Hall–Kier alpha value is -2.78. The molecule has 1 aromatic carbocycles. The lowest BCUT2D eigenvalue weighted by Gasteiger charge is -2.41. The number of hydrogen-bond donors (Lipinski definition) is 1. The maximum absolute atomic E-state index is 14.7. The van der Waals surface area contributed by atoms with Gasteiger partial charge in [-0.2, -0.15) is 0 Å². The molecule has 8 nitrogen and oxygen atoms in total. The lowest BCUT2D eigenvalue weighted by Crippen LogP contribution is -2.59. The molecular formula is C32H45N3O5S. The van der Waals surface area contributed by atoms with Crippen molar-refractivity contribution in [3.63, 3.8) is 0 Å². The summed E-state index contributed by atoms with van der Waals surface area (Å²) in [7, 11) is 0. The molecule has 3 saturated heterocycles.